The Morgan fingerprint density at radius 3 is 2.26 bits per heavy atom. The van der Waals surface area contributed by atoms with E-state index in [2.05, 4.69) is 21.2 Å². The van der Waals surface area contributed by atoms with Crippen molar-refractivity contribution in [3.8, 4) is 0 Å². The number of hydrogen-bond acceptors (Lipinski definition) is 2. The molecule has 23 heavy (non-hydrogen) atoms. The first-order valence-corrected chi connectivity index (χ1v) is 8.12. The fourth-order valence-corrected chi connectivity index (χ4v) is 2.57. The summed E-state index contributed by atoms with van der Waals surface area (Å²) in [7, 11) is 0. The lowest BCUT2D eigenvalue weighted by molar-refractivity contribution is -0.141. The van der Waals surface area contributed by atoms with Crippen molar-refractivity contribution in [2.24, 2.45) is 5.92 Å². The van der Waals surface area contributed by atoms with Gasteiger partial charge in [0, 0.05) is 11.0 Å². The van der Waals surface area contributed by atoms with Crippen LogP contribution in [0.4, 0.5) is 0 Å². The summed E-state index contributed by atoms with van der Waals surface area (Å²) in [5.74, 6) is -1.79. The Morgan fingerprint density at radius 2 is 1.65 bits per heavy atom. The van der Waals surface area contributed by atoms with Gasteiger partial charge in [0.25, 0.3) is 0 Å². The van der Waals surface area contributed by atoms with Gasteiger partial charge in [-0.3, -0.25) is 9.59 Å². The molecule has 5 heteroatoms. The second-order valence-electron chi connectivity index (χ2n) is 5.33. The number of aliphatic carboxylic acids is 1. The first-order chi connectivity index (χ1) is 11.0. The lowest BCUT2D eigenvalue weighted by Gasteiger charge is -2.15. The van der Waals surface area contributed by atoms with Gasteiger partial charge in [-0.1, -0.05) is 58.4 Å². The molecule has 0 unspecified atom stereocenters. The molecule has 0 spiro atoms. The van der Waals surface area contributed by atoms with Gasteiger partial charge in [0.15, 0.2) is 0 Å². The molecule has 2 rings (SSSR count). The van der Waals surface area contributed by atoms with E-state index in [-0.39, 0.29) is 12.3 Å². The zero-order valence-electron chi connectivity index (χ0n) is 12.5. The highest BCUT2D eigenvalue weighted by atomic mass is 79.9. The molecule has 0 aliphatic heterocycles. The molecule has 0 aromatic heterocycles. The van der Waals surface area contributed by atoms with E-state index in [0.29, 0.717) is 13.0 Å². The second kappa shape index (κ2) is 8.48. The molecular weight excluding hydrogens is 358 g/mol. The van der Waals surface area contributed by atoms with E-state index >= 15 is 0 Å². The average Bonchev–Trinajstić information content (AvgIpc) is 2.54. The molecule has 4 nitrogen and oxygen atoms in total. The topological polar surface area (TPSA) is 66.4 Å². The third-order valence-corrected chi connectivity index (χ3v) is 4.03. The van der Waals surface area contributed by atoms with Crippen LogP contribution in [0.2, 0.25) is 0 Å². The SMILES string of the molecule is O=C(O)C[C@H](Cc1ccc(Br)cc1)C(=O)NCc1ccccc1. The first kappa shape index (κ1) is 17.2. The maximum Gasteiger partial charge on any atom is 0.304 e. The van der Waals surface area contributed by atoms with Gasteiger partial charge in [-0.2, -0.15) is 0 Å². The minimum Gasteiger partial charge on any atom is -0.481 e. The van der Waals surface area contributed by atoms with Crippen LogP contribution in [-0.4, -0.2) is 17.0 Å². The van der Waals surface area contributed by atoms with Gasteiger partial charge in [0.1, 0.15) is 0 Å². The number of carboxylic acid groups (broad SMARTS) is 1. The number of carbonyl (C=O) groups excluding carboxylic acids is 1. The summed E-state index contributed by atoms with van der Waals surface area (Å²) in [6, 6.07) is 17.1. The van der Waals surface area contributed by atoms with Gasteiger partial charge < -0.3 is 10.4 Å². The second-order valence-corrected chi connectivity index (χ2v) is 6.24. The standard InChI is InChI=1S/C18H18BrNO3/c19-16-8-6-13(7-9-16)10-15(11-17(21)22)18(23)20-12-14-4-2-1-3-5-14/h1-9,15H,10-12H2,(H,20,23)(H,21,22)/t15-/m0/s1. The predicted molar refractivity (Wildman–Crippen MR) is 91.9 cm³/mol. The summed E-state index contributed by atoms with van der Waals surface area (Å²) in [6.07, 6.45) is 0.219. The highest BCUT2D eigenvalue weighted by Gasteiger charge is 2.22. The molecule has 0 fully saturated rings. The Bertz CT molecular complexity index is 656. The Balaban J connectivity index is 2.00. The molecule has 0 bridgehead atoms. The van der Waals surface area contributed by atoms with Crippen LogP contribution in [0, 0.1) is 5.92 Å². The van der Waals surface area contributed by atoms with E-state index in [1.165, 1.54) is 0 Å². The highest BCUT2D eigenvalue weighted by molar-refractivity contribution is 9.10. The summed E-state index contributed by atoms with van der Waals surface area (Å²) in [4.78, 5) is 23.4. The Hall–Kier alpha value is -2.14. The fourth-order valence-electron chi connectivity index (χ4n) is 2.30. The number of amides is 1. The molecule has 2 aromatic rings. The van der Waals surface area contributed by atoms with Crippen LogP contribution in [0.15, 0.2) is 59.1 Å². The number of halogens is 1. The molecule has 0 aliphatic carbocycles. The summed E-state index contributed by atoms with van der Waals surface area (Å²) >= 11 is 3.36. The van der Waals surface area contributed by atoms with Crippen LogP contribution in [0.1, 0.15) is 17.5 Å². The summed E-state index contributed by atoms with van der Waals surface area (Å²) in [5.41, 5.74) is 1.92. The number of carboxylic acids is 1. The molecular formula is C18H18BrNO3. The normalized spacial score (nSPS) is 11.7. The number of nitrogens with one attached hydrogen (secondary N) is 1. The molecule has 0 radical (unpaired) electrons. The van der Waals surface area contributed by atoms with Crippen molar-refractivity contribution < 1.29 is 14.7 Å². The van der Waals surface area contributed by atoms with Crippen LogP contribution in [0.3, 0.4) is 0 Å². The minimum absolute atomic E-state index is 0.184. The van der Waals surface area contributed by atoms with Crippen molar-refractivity contribution in [1.29, 1.82) is 0 Å². The quantitative estimate of drug-likeness (QED) is 0.779. The van der Waals surface area contributed by atoms with Crippen molar-refractivity contribution in [1.82, 2.24) is 5.32 Å². The van der Waals surface area contributed by atoms with Crippen LogP contribution < -0.4 is 5.32 Å². The number of rotatable bonds is 7. The highest BCUT2D eigenvalue weighted by Crippen LogP contribution is 2.16. The maximum absolute atomic E-state index is 12.3. The number of benzene rings is 2. The molecule has 2 aromatic carbocycles. The summed E-state index contributed by atoms with van der Waals surface area (Å²) < 4.78 is 0.949. The third-order valence-electron chi connectivity index (χ3n) is 3.50. The zero-order valence-corrected chi connectivity index (χ0v) is 14.1. The lowest BCUT2D eigenvalue weighted by atomic mass is 9.95. The van der Waals surface area contributed by atoms with Crippen molar-refractivity contribution >= 4 is 27.8 Å². The summed E-state index contributed by atoms with van der Waals surface area (Å²) in [5, 5.41) is 11.9. The molecule has 1 atom stereocenters. The minimum atomic E-state index is -0.970. The molecule has 0 saturated heterocycles. The van der Waals surface area contributed by atoms with Gasteiger partial charge in [0.2, 0.25) is 5.91 Å². The first-order valence-electron chi connectivity index (χ1n) is 7.32. The van der Waals surface area contributed by atoms with E-state index in [1.807, 2.05) is 54.6 Å². The van der Waals surface area contributed by atoms with Crippen LogP contribution >= 0.6 is 15.9 Å². The molecule has 0 aliphatic rings. The van der Waals surface area contributed by atoms with Gasteiger partial charge >= 0.3 is 5.97 Å². The molecule has 2 N–H and O–H groups in total. The Labute approximate surface area is 143 Å². The van der Waals surface area contributed by atoms with Gasteiger partial charge in [0.05, 0.1) is 12.3 Å². The van der Waals surface area contributed by atoms with Crippen molar-refractivity contribution in [3.05, 3.63) is 70.2 Å². The zero-order chi connectivity index (χ0) is 16.7. The van der Waals surface area contributed by atoms with E-state index in [9.17, 15) is 9.59 Å². The molecule has 0 heterocycles. The van der Waals surface area contributed by atoms with E-state index < -0.39 is 11.9 Å². The van der Waals surface area contributed by atoms with Gasteiger partial charge in [-0.15, -0.1) is 0 Å². The van der Waals surface area contributed by atoms with Crippen molar-refractivity contribution in [2.45, 2.75) is 19.4 Å². The maximum atomic E-state index is 12.3. The van der Waals surface area contributed by atoms with Crippen molar-refractivity contribution in [2.75, 3.05) is 0 Å². The van der Waals surface area contributed by atoms with Crippen LogP contribution in [0.5, 0.6) is 0 Å². The van der Waals surface area contributed by atoms with Gasteiger partial charge in [-0.05, 0) is 29.7 Å². The van der Waals surface area contributed by atoms with E-state index in [0.717, 1.165) is 15.6 Å². The number of hydrogen-bond donors (Lipinski definition) is 2. The Morgan fingerprint density at radius 1 is 1.00 bits per heavy atom. The predicted octanol–water partition coefficient (Wildman–Crippen LogP) is 3.40. The lowest BCUT2D eigenvalue weighted by Crippen LogP contribution is -2.33. The molecule has 1 amide bonds. The van der Waals surface area contributed by atoms with Crippen LogP contribution in [0.25, 0.3) is 0 Å². The largest absolute Gasteiger partial charge is 0.481 e. The smallest absolute Gasteiger partial charge is 0.304 e. The number of carbonyl (C=O) groups is 2. The van der Waals surface area contributed by atoms with Gasteiger partial charge in [-0.25, -0.2) is 0 Å². The van der Waals surface area contributed by atoms with Crippen LogP contribution in [-0.2, 0) is 22.6 Å². The Kier molecular flexibility index (Phi) is 6.35. The van der Waals surface area contributed by atoms with E-state index in [4.69, 9.17) is 5.11 Å². The van der Waals surface area contributed by atoms with Crippen molar-refractivity contribution in [3.63, 3.8) is 0 Å². The fraction of sp³-hybridized carbons (Fsp3) is 0.222. The van der Waals surface area contributed by atoms with E-state index in [1.54, 1.807) is 0 Å². The molecule has 0 saturated carbocycles. The average molecular weight is 376 g/mol. The summed E-state index contributed by atoms with van der Waals surface area (Å²) in [6.45, 7) is 0.399. The molecule has 120 valence electrons. The third kappa shape index (κ3) is 5.87. The monoisotopic (exact) mass is 375 g/mol.